The number of ether oxygens (including phenoxy) is 1. The maximum atomic E-state index is 12.5. The van der Waals surface area contributed by atoms with E-state index in [0.717, 1.165) is 63.7 Å². The van der Waals surface area contributed by atoms with E-state index in [0.29, 0.717) is 11.4 Å². The van der Waals surface area contributed by atoms with Crippen LogP contribution in [0.3, 0.4) is 0 Å². The van der Waals surface area contributed by atoms with Gasteiger partial charge in [-0.3, -0.25) is 19.2 Å². The van der Waals surface area contributed by atoms with Crippen LogP contribution in [0.4, 0.5) is 0 Å². The number of nitrogens with zero attached hydrogens (tertiary/aromatic N) is 4. The van der Waals surface area contributed by atoms with E-state index in [-0.39, 0.29) is 5.56 Å². The van der Waals surface area contributed by atoms with Gasteiger partial charge in [-0.05, 0) is 18.6 Å². The SMILES string of the molecule is Cn1c(CN2CCN(C3CCOC3)CC2)nc2ccccc2c1=O. The summed E-state index contributed by atoms with van der Waals surface area (Å²) in [6, 6.07) is 8.17. The predicted octanol–water partition coefficient (Wildman–Crippen LogP) is 0.840. The third-order valence-corrected chi connectivity index (χ3v) is 5.27. The van der Waals surface area contributed by atoms with Gasteiger partial charge >= 0.3 is 0 Å². The first-order valence-electron chi connectivity index (χ1n) is 8.71. The summed E-state index contributed by atoms with van der Waals surface area (Å²) < 4.78 is 7.19. The second kappa shape index (κ2) is 6.63. The minimum absolute atomic E-state index is 0.0392. The number of hydrogen-bond donors (Lipinski definition) is 0. The number of hydrogen-bond acceptors (Lipinski definition) is 5. The zero-order valence-corrected chi connectivity index (χ0v) is 14.1. The van der Waals surface area contributed by atoms with Gasteiger partial charge in [-0.2, -0.15) is 0 Å². The van der Waals surface area contributed by atoms with E-state index in [1.54, 1.807) is 4.57 Å². The van der Waals surface area contributed by atoms with Crippen molar-refractivity contribution in [2.24, 2.45) is 7.05 Å². The molecule has 24 heavy (non-hydrogen) atoms. The highest BCUT2D eigenvalue weighted by Gasteiger charge is 2.27. The molecule has 1 aromatic heterocycles. The van der Waals surface area contributed by atoms with Gasteiger partial charge in [0.2, 0.25) is 0 Å². The largest absolute Gasteiger partial charge is 0.380 e. The van der Waals surface area contributed by atoms with Gasteiger partial charge in [0.25, 0.3) is 5.56 Å². The van der Waals surface area contributed by atoms with E-state index in [9.17, 15) is 4.79 Å². The molecule has 0 amide bonds. The van der Waals surface area contributed by atoms with Crippen molar-refractivity contribution >= 4 is 10.9 Å². The summed E-state index contributed by atoms with van der Waals surface area (Å²) in [5.41, 5.74) is 0.828. The Balaban J connectivity index is 1.47. The van der Waals surface area contributed by atoms with Crippen LogP contribution < -0.4 is 5.56 Å². The molecule has 0 aliphatic carbocycles. The Bertz CT molecular complexity index is 774. The van der Waals surface area contributed by atoms with Crippen LogP contribution in [0, 0.1) is 0 Å². The van der Waals surface area contributed by atoms with Crippen LogP contribution >= 0.6 is 0 Å². The fourth-order valence-electron chi connectivity index (χ4n) is 3.70. The van der Waals surface area contributed by atoms with Gasteiger partial charge in [0.05, 0.1) is 24.1 Å². The Morgan fingerprint density at radius 2 is 2.00 bits per heavy atom. The quantitative estimate of drug-likeness (QED) is 0.836. The summed E-state index contributed by atoms with van der Waals surface area (Å²) in [6.45, 7) is 6.66. The number of piperazine rings is 1. The standard InChI is InChI=1S/C18H24N4O2/c1-20-17(19-16-5-3-2-4-15(16)18(20)23)12-21-7-9-22(10-8-21)14-6-11-24-13-14/h2-5,14H,6-13H2,1H3. The van der Waals surface area contributed by atoms with E-state index in [4.69, 9.17) is 9.72 Å². The zero-order chi connectivity index (χ0) is 16.5. The Hall–Kier alpha value is -1.76. The average molecular weight is 328 g/mol. The van der Waals surface area contributed by atoms with Crippen molar-refractivity contribution in [2.75, 3.05) is 39.4 Å². The summed E-state index contributed by atoms with van der Waals surface area (Å²) in [6.07, 6.45) is 1.15. The van der Waals surface area contributed by atoms with Crippen LogP contribution in [0.15, 0.2) is 29.1 Å². The van der Waals surface area contributed by atoms with Crippen molar-refractivity contribution in [1.29, 1.82) is 0 Å². The van der Waals surface area contributed by atoms with Crippen molar-refractivity contribution in [3.8, 4) is 0 Å². The molecule has 0 radical (unpaired) electrons. The number of fused-ring (bicyclic) bond motifs is 1. The fraction of sp³-hybridized carbons (Fsp3) is 0.556. The lowest BCUT2D eigenvalue weighted by molar-refractivity contribution is 0.0797. The highest BCUT2D eigenvalue weighted by molar-refractivity contribution is 5.77. The van der Waals surface area contributed by atoms with Gasteiger partial charge in [-0.1, -0.05) is 12.1 Å². The van der Waals surface area contributed by atoms with Crippen molar-refractivity contribution in [3.63, 3.8) is 0 Å². The second-order valence-electron chi connectivity index (χ2n) is 6.74. The lowest BCUT2D eigenvalue weighted by atomic mass is 10.2. The lowest BCUT2D eigenvalue weighted by Gasteiger charge is -2.37. The molecule has 3 heterocycles. The third kappa shape index (κ3) is 2.97. The smallest absolute Gasteiger partial charge is 0.261 e. The van der Waals surface area contributed by atoms with Gasteiger partial charge in [0.15, 0.2) is 0 Å². The van der Waals surface area contributed by atoms with Gasteiger partial charge in [-0.25, -0.2) is 4.98 Å². The van der Waals surface area contributed by atoms with Crippen molar-refractivity contribution < 1.29 is 4.74 Å². The lowest BCUT2D eigenvalue weighted by Crippen LogP contribution is -2.50. The van der Waals surface area contributed by atoms with E-state index in [1.807, 2.05) is 31.3 Å². The number of para-hydroxylation sites is 1. The van der Waals surface area contributed by atoms with Crippen LogP contribution in [-0.2, 0) is 18.3 Å². The molecule has 1 aromatic carbocycles. The minimum Gasteiger partial charge on any atom is -0.380 e. The fourth-order valence-corrected chi connectivity index (χ4v) is 3.70. The van der Waals surface area contributed by atoms with Crippen LogP contribution in [0.2, 0.25) is 0 Å². The molecule has 0 bridgehead atoms. The van der Waals surface area contributed by atoms with E-state index < -0.39 is 0 Å². The highest BCUT2D eigenvalue weighted by atomic mass is 16.5. The molecule has 2 aromatic rings. The molecule has 2 saturated heterocycles. The summed E-state index contributed by atoms with van der Waals surface area (Å²) in [5.74, 6) is 0.844. The van der Waals surface area contributed by atoms with E-state index in [1.165, 1.54) is 0 Å². The Labute approximate surface area is 141 Å². The minimum atomic E-state index is 0.0392. The molecule has 0 spiro atoms. The average Bonchev–Trinajstić information content (AvgIpc) is 3.15. The molecular formula is C18H24N4O2. The molecule has 6 nitrogen and oxygen atoms in total. The number of benzene rings is 1. The van der Waals surface area contributed by atoms with Crippen LogP contribution in [0.5, 0.6) is 0 Å². The third-order valence-electron chi connectivity index (χ3n) is 5.27. The zero-order valence-electron chi connectivity index (χ0n) is 14.1. The van der Waals surface area contributed by atoms with Crippen molar-refractivity contribution in [3.05, 3.63) is 40.4 Å². The molecule has 1 unspecified atom stereocenters. The summed E-state index contributed by atoms with van der Waals surface area (Å²) >= 11 is 0. The van der Waals surface area contributed by atoms with Crippen molar-refractivity contribution in [1.82, 2.24) is 19.4 Å². The van der Waals surface area contributed by atoms with Crippen LogP contribution in [0.1, 0.15) is 12.2 Å². The monoisotopic (exact) mass is 328 g/mol. The Morgan fingerprint density at radius 3 is 2.75 bits per heavy atom. The first-order chi connectivity index (χ1) is 11.7. The number of rotatable bonds is 3. The normalized spacial score (nSPS) is 23.1. The molecule has 1 atom stereocenters. The molecule has 2 aliphatic rings. The molecule has 0 N–H and O–H groups in total. The number of aromatic nitrogens is 2. The molecule has 6 heteroatoms. The van der Waals surface area contributed by atoms with Crippen molar-refractivity contribution in [2.45, 2.75) is 19.0 Å². The first-order valence-corrected chi connectivity index (χ1v) is 8.71. The maximum Gasteiger partial charge on any atom is 0.261 e. The van der Waals surface area contributed by atoms with Gasteiger partial charge in [0.1, 0.15) is 5.82 Å². The Morgan fingerprint density at radius 1 is 1.21 bits per heavy atom. The molecule has 0 saturated carbocycles. The van der Waals surface area contributed by atoms with E-state index >= 15 is 0 Å². The predicted molar refractivity (Wildman–Crippen MR) is 93.1 cm³/mol. The molecular weight excluding hydrogens is 304 g/mol. The Kier molecular flexibility index (Phi) is 4.35. The topological polar surface area (TPSA) is 50.6 Å². The van der Waals surface area contributed by atoms with E-state index in [2.05, 4.69) is 9.80 Å². The summed E-state index contributed by atoms with van der Waals surface area (Å²) in [4.78, 5) is 22.1. The maximum absolute atomic E-state index is 12.5. The summed E-state index contributed by atoms with van der Waals surface area (Å²) in [7, 11) is 1.82. The molecule has 2 fully saturated rings. The molecule has 128 valence electrons. The second-order valence-corrected chi connectivity index (χ2v) is 6.74. The summed E-state index contributed by atoms with van der Waals surface area (Å²) in [5, 5.41) is 0.690. The van der Waals surface area contributed by atoms with Crippen LogP contribution in [-0.4, -0.2) is 64.8 Å². The van der Waals surface area contributed by atoms with Gasteiger partial charge in [0, 0.05) is 45.9 Å². The first kappa shape index (κ1) is 15.7. The van der Waals surface area contributed by atoms with Crippen LogP contribution in [0.25, 0.3) is 10.9 Å². The van der Waals surface area contributed by atoms with Gasteiger partial charge in [-0.15, -0.1) is 0 Å². The molecule has 4 rings (SSSR count). The highest BCUT2D eigenvalue weighted by Crippen LogP contribution is 2.16. The molecule has 2 aliphatic heterocycles. The van der Waals surface area contributed by atoms with Gasteiger partial charge < -0.3 is 4.74 Å².